The zero-order chi connectivity index (χ0) is 29.2. The number of pyridine rings is 1. The quantitative estimate of drug-likeness (QED) is 0.425. The van der Waals surface area contributed by atoms with Crippen molar-refractivity contribution in [2.45, 2.75) is 39.3 Å². The highest BCUT2D eigenvalue weighted by Crippen LogP contribution is 2.40. The number of ether oxygens (including phenoxy) is 1. The molecule has 4 rings (SSSR count). The molecule has 0 saturated carbocycles. The van der Waals surface area contributed by atoms with Gasteiger partial charge in [-0.3, -0.25) is 15.0 Å². The summed E-state index contributed by atoms with van der Waals surface area (Å²) in [4.78, 5) is 50.4. The fourth-order valence-electron chi connectivity index (χ4n) is 4.18. The average molecular weight is 582 g/mol. The summed E-state index contributed by atoms with van der Waals surface area (Å²) in [5, 5.41) is 12.8. The SMILES string of the molecule is Cc1cc(-c2sc(NC(=O)N3CCN(C(=O)OC(C)(C)C)[C@H](C(N)=O)C3)nc2-c2cccc(C#N)c2)cc(Cl)n1. The number of hydrogen-bond acceptors (Lipinski definition) is 8. The Balaban J connectivity index is 1.61. The van der Waals surface area contributed by atoms with E-state index in [9.17, 15) is 19.6 Å². The number of carbonyl (C=O) groups excluding carboxylic acids is 3. The van der Waals surface area contributed by atoms with E-state index in [2.05, 4.69) is 21.4 Å². The number of nitrogens with zero attached hydrogens (tertiary/aromatic N) is 5. The van der Waals surface area contributed by atoms with Gasteiger partial charge in [0, 0.05) is 24.3 Å². The Bertz CT molecular complexity index is 1490. The standard InChI is InChI=1S/C27H28ClN7O4S/c1-15-10-18(12-20(28)31-15)22-21(17-7-5-6-16(11-17)13-29)32-24(40-22)33-25(37)34-8-9-35(19(14-34)23(30)36)26(38)39-27(2,3)4/h5-7,10-12,19H,8-9,14H2,1-4H3,(H2,30,36)(H,32,33,37)/t19-/m0/s1. The molecule has 0 bridgehead atoms. The minimum atomic E-state index is -1.05. The molecule has 1 saturated heterocycles. The Morgan fingerprint density at radius 2 is 1.93 bits per heavy atom. The Hall–Kier alpha value is -4.21. The third-order valence-electron chi connectivity index (χ3n) is 5.91. The molecular weight excluding hydrogens is 554 g/mol. The van der Waals surface area contributed by atoms with Gasteiger partial charge in [-0.2, -0.15) is 5.26 Å². The van der Waals surface area contributed by atoms with Crippen LogP contribution >= 0.6 is 22.9 Å². The molecule has 3 N–H and O–H groups in total. The second kappa shape index (κ2) is 11.5. The van der Waals surface area contributed by atoms with E-state index in [0.29, 0.717) is 32.8 Å². The Morgan fingerprint density at radius 3 is 2.58 bits per heavy atom. The Labute approximate surface area is 240 Å². The smallest absolute Gasteiger partial charge is 0.411 e. The van der Waals surface area contributed by atoms with Crippen LogP contribution in [-0.4, -0.2) is 69.1 Å². The number of nitrogens with one attached hydrogen (secondary N) is 1. The van der Waals surface area contributed by atoms with Gasteiger partial charge in [0.2, 0.25) is 5.91 Å². The Kier molecular flexibility index (Phi) is 8.27. The zero-order valence-corrected chi connectivity index (χ0v) is 24.0. The number of urea groups is 1. The summed E-state index contributed by atoms with van der Waals surface area (Å²) in [6.45, 7) is 7.12. The number of aromatic nitrogens is 2. The van der Waals surface area contributed by atoms with Crippen LogP contribution in [0.25, 0.3) is 21.7 Å². The van der Waals surface area contributed by atoms with E-state index in [1.54, 1.807) is 45.0 Å². The van der Waals surface area contributed by atoms with Crippen molar-refractivity contribution in [2.75, 3.05) is 25.0 Å². The van der Waals surface area contributed by atoms with E-state index < -0.39 is 29.7 Å². The number of aryl methyl sites for hydroxylation is 1. The van der Waals surface area contributed by atoms with Crippen LogP contribution in [0, 0.1) is 18.3 Å². The number of halogens is 1. The lowest BCUT2D eigenvalue weighted by Crippen LogP contribution is -2.61. The topological polar surface area (TPSA) is 155 Å². The van der Waals surface area contributed by atoms with E-state index in [1.165, 1.54) is 21.1 Å². The van der Waals surface area contributed by atoms with Gasteiger partial charge in [-0.1, -0.05) is 35.1 Å². The first-order valence-corrected chi connectivity index (χ1v) is 13.5. The first-order valence-electron chi connectivity index (χ1n) is 12.4. The summed E-state index contributed by atoms with van der Waals surface area (Å²) < 4.78 is 5.40. The molecule has 13 heteroatoms. The van der Waals surface area contributed by atoms with E-state index in [0.717, 1.165) is 10.4 Å². The molecule has 1 aliphatic rings. The highest BCUT2D eigenvalue weighted by Gasteiger charge is 2.38. The van der Waals surface area contributed by atoms with E-state index >= 15 is 0 Å². The largest absolute Gasteiger partial charge is 0.444 e. The number of amides is 4. The first-order chi connectivity index (χ1) is 18.8. The number of hydrogen-bond donors (Lipinski definition) is 2. The lowest BCUT2D eigenvalue weighted by atomic mass is 10.1. The minimum Gasteiger partial charge on any atom is -0.444 e. The minimum absolute atomic E-state index is 0.0695. The molecule has 4 amide bonds. The van der Waals surface area contributed by atoms with Crippen molar-refractivity contribution >= 4 is 46.1 Å². The van der Waals surface area contributed by atoms with E-state index in [-0.39, 0.29) is 19.6 Å². The van der Waals surface area contributed by atoms with Gasteiger partial charge in [0.25, 0.3) is 0 Å². The van der Waals surface area contributed by atoms with Crippen molar-refractivity contribution in [3.05, 3.63) is 52.8 Å². The number of carbonyl (C=O) groups is 3. The molecular formula is C27H28ClN7O4S. The summed E-state index contributed by atoms with van der Waals surface area (Å²) in [5.41, 5.74) is 8.00. The number of rotatable bonds is 4. The number of thiazole rings is 1. The Morgan fingerprint density at radius 1 is 1.18 bits per heavy atom. The number of anilines is 1. The number of nitrogens with two attached hydrogens (primary N) is 1. The second-order valence-electron chi connectivity index (χ2n) is 10.2. The number of benzene rings is 1. The van der Waals surface area contributed by atoms with Crippen LogP contribution in [0.15, 0.2) is 36.4 Å². The van der Waals surface area contributed by atoms with Crippen molar-refractivity contribution in [1.29, 1.82) is 5.26 Å². The van der Waals surface area contributed by atoms with Gasteiger partial charge in [0.15, 0.2) is 5.13 Å². The monoisotopic (exact) mass is 581 g/mol. The molecule has 1 aliphatic heterocycles. The molecule has 0 aliphatic carbocycles. The van der Waals surface area contributed by atoms with Gasteiger partial charge in [0.05, 0.1) is 28.7 Å². The molecule has 40 heavy (non-hydrogen) atoms. The predicted octanol–water partition coefficient (Wildman–Crippen LogP) is 4.64. The molecule has 0 radical (unpaired) electrons. The molecule has 11 nitrogen and oxygen atoms in total. The van der Waals surface area contributed by atoms with Crippen LogP contribution in [0.5, 0.6) is 0 Å². The zero-order valence-electron chi connectivity index (χ0n) is 22.4. The maximum absolute atomic E-state index is 13.3. The highest BCUT2D eigenvalue weighted by atomic mass is 35.5. The molecule has 2 aromatic heterocycles. The fourth-order valence-corrected chi connectivity index (χ4v) is 5.40. The molecule has 1 atom stereocenters. The van der Waals surface area contributed by atoms with Gasteiger partial charge in [-0.05, 0) is 57.5 Å². The number of piperazine rings is 1. The molecule has 0 spiro atoms. The maximum atomic E-state index is 13.3. The maximum Gasteiger partial charge on any atom is 0.411 e. The van der Waals surface area contributed by atoms with Crippen molar-refractivity contribution in [3.63, 3.8) is 0 Å². The van der Waals surface area contributed by atoms with E-state index in [1.807, 2.05) is 19.1 Å². The van der Waals surface area contributed by atoms with Crippen LogP contribution in [-0.2, 0) is 9.53 Å². The predicted molar refractivity (Wildman–Crippen MR) is 152 cm³/mol. The first kappa shape index (κ1) is 28.8. The van der Waals surface area contributed by atoms with Gasteiger partial charge >= 0.3 is 12.1 Å². The summed E-state index contributed by atoms with van der Waals surface area (Å²) in [5.74, 6) is -0.746. The van der Waals surface area contributed by atoms with Crippen LogP contribution in [0.2, 0.25) is 5.15 Å². The van der Waals surface area contributed by atoms with Crippen molar-refractivity contribution in [3.8, 4) is 27.8 Å². The van der Waals surface area contributed by atoms with Crippen molar-refractivity contribution < 1.29 is 19.1 Å². The van der Waals surface area contributed by atoms with Crippen molar-refractivity contribution in [2.24, 2.45) is 5.73 Å². The van der Waals surface area contributed by atoms with Gasteiger partial charge < -0.3 is 15.4 Å². The van der Waals surface area contributed by atoms with Crippen LogP contribution < -0.4 is 11.1 Å². The normalized spacial score (nSPS) is 15.3. The van der Waals surface area contributed by atoms with Gasteiger partial charge in [0.1, 0.15) is 16.8 Å². The number of primary amides is 1. The summed E-state index contributed by atoms with van der Waals surface area (Å²) in [7, 11) is 0. The van der Waals surface area contributed by atoms with Crippen LogP contribution in [0.3, 0.4) is 0 Å². The summed E-state index contributed by atoms with van der Waals surface area (Å²) in [6, 6.07) is 11.1. The third kappa shape index (κ3) is 6.67. The van der Waals surface area contributed by atoms with Gasteiger partial charge in [-0.25, -0.2) is 19.6 Å². The van der Waals surface area contributed by atoms with E-state index in [4.69, 9.17) is 22.1 Å². The molecule has 3 heterocycles. The molecule has 1 fully saturated rings. The highest BCUT2D eigenvalue weighted by molar-refractivity contribution is 7.19. The average Bonchev–Trinajstić information content (AvgIpc) is 3.30. The lowest BCUT2D eigenvalue weighted by Gasteiger charge is -2.39. The second-order valence-corrected chi connectivity index (χ2v) is 11.6. The third-order valence-corrected chi connectivity index (χ3v) is 7.13. The molecule has 1 aromatic carbocycles. The summed E-state index contributed by atoms with van der Waals surface area (Å²) >= 11 is 7.46. The summed E-state index contributed by atoms with van der Waals surface area (Å²) in [6.07, 6.45) is -0.670. The van der Waals surface area contributed by atoms with Crippen LogP contribution in [0.4, 0.5) is 14.7 Å². The van der Waals surface area contributed by atoms with Crippen LogP contribution in [0.1, 0.15) is 32.0 Å². The molecule has 208 valence electrons. The molecule has 3 aromatic rings. The van der Waals surface area contributed by atoms with Gasteiger partial charge in [-0.15, -0.1) is 0 Å². The molecule has 0 unspecified atom stereocenters. The van der Waals surface area contributed by atoms with Crippen molar-refractivity contribution in [1.82, 2.24) is 19.8 Å². The lowest BCUT2D eigenvalue weighted by molar-refractivity contribution is -0.124. The fraction of sp³-hybridized carbons (Fsp3) is 0.333. The number of nitriles is 1.